The van der Waals surface area contributed by atoms with Crippen LogP contribution < -0.4 is 5.56 Å². The molecule has 1 aromatic carbocycles. The van der Waals surface area contributed by atoms with Crippen LogP contribution in [0, 0.1) is 0 Å². The summed E-state index contributed by atoms with van der Waals surface area (Å²) in [5.74, 6) is 0.357. The van der Waals surface area contributed by atoms with Crippen LogP contribution >= 0.6 is 11.8 Å². The molecule has 0 bridgehead atoms. The molecule has 0 spiro atoms. The average Bonchev–Trinajstić information content (AvgIpc) is 3.09. The summed E-state index contributed by atoms with van der Waals surface area (Å²) in [5.41, 5.74) is 0.284. The summed E-state index contributed by atoms with van der Waals surface area (Å²) >= 11 is 1.61. The largest absolute Gasteiger partial charge is 0.456 e. The van der Waals surface area contributed by atoms with Gasteiger partial charge in [0.2, 0.25) is 5.91 Å². The maximum Gasteiger partial charge on any atom is 0.330 e. The normalized spacial score (nSPS) is 25.4. The fraction of sp³-hybridized carbons (Fsp3) is 0.412. The first-order valence-electron chi connectivity index (χ1n) is 8.09. The Morgan fingerprint density at radius 2 is 2.24 bits per heavy atom. The molecule has 25 heavy (non-hydrogen) atoms. The molecule has 2 saturated heterocycles. The van der Waals surface area contributed by atoms with Gasteiger partial charge in [0.1, 0.15) is 18.5 Å². The van der Waals surface area contributed by atoms with E-state index in [-0.39, 0.29) is 22.9 Å². The van der Waals surface area contributed by atoms with Crippen molar-refractivity contribution in [1.29, 1.82) is 0 Å². The number of fused-ring (bicyclic) bond motifs is 2. The van der Waals surface area contributed by atoms with Crippen LogP contribution in [0.2, 0.25) is 0 Å². The molecule has 2 aromatic rings. The van der Waals surface area contributed by atoms with E-state index in [9.17, 15) is 14.4 Å². The van der Waals surface area contributed by atoms with E-state index in [1.54, 1.807) is 40.9 Å². The highest BCUT2D eigenvalue weighted by molar-refractivity contribution is 8.01. The molecule has 130 valence electrons. The summed E-state index contributed by atoms with van der Waals surface area (Å²) in [6.45, 7) is 1.86. The van der Waals surface area contributed by atoms with Crippen molar-refractivity contribution >= 4 is 34.5 Å². The van der Waals surface area contributed by atoms with Gasteiger partial charge in [-0.3, -0.25) is 9.59 Å². The number of H-pyrrole nitrogens is 1. The number of benzene rings is 1. The molecule has 0 radical (unpaired) electrons. The topological polar surface area (TPSA) is 92.4 Å². The molecule has 0 saturated carbocycles. The zero-order valence-corrected chi connectivity index (χ0v) is 14.5. The van der Waals surface area contributed by atoms with Crippen LogP contribution in [-0.2, 0) is 20.9 Å². The number of esters is 1. The Balaban J connectivity index is 1.49. The van der Waals surface area contributed by atoms with Gasteiger partial charge >= 0.3 is 5.97 Å². The molecule has 4 rings (SSSR count). The first-order valence-corrected chi connectivity index (χ1v) is 9.07. The van der Waals surface area contributed by atoms with E-state index >= 15 is 0 Å². The van der Waals surface area contributed by atoms with Crippen LogP contribution in [-0.4, -0.2) is 43.4 Å². The third kappa shape index (κ3) is 2.70. The minimum absolute atomic E-state index is 0.00770. The minimum Gasteiger partial charge on any atom is -0.456 e. The van der Waals surface area contributed by atoms with E-state index < -0.39 is 12.0 Å². The number of carbonyl (C=O) groups excluding carboxylic acids is 2. The third-order valence-corrected chi connectivity index (χ3v) is 6.24. The second-order valence-electron chi connectivity index (χ2n) is 6.40. The monoisotopic (exact) mass is 359 g/mol. The van der Waals surface area contributed by atoms with Gasteiger partial charge in [-0.1, -0.05) is 12.1 Å². The van der Waals surface area contributed by atoms with Crippen molar-refractivity contribution in [2.75, 3.05) is 5.75 Å². The molecule has 0 aliphatic carbocycles. The lowest BCUT2D eigenvalue weighted by Gasteiger charge is -2.29. The smallest absolute Gasteiger partial charge is 0.330 e. The highest BCUT2D eigenvalue weighted by Gasteiger charge is 2.53. The van der Waals surface area contributed by atoms with Gasteiger partial charge in [-0.2, -0.15) is 0 Å². The molecule has 1 amide bonds. The number of rotatable bonds is 3. The standard InChI is InChI=1S/C17H17N3O4S/c1-17-7-6-14(21)20(17)12(9-25-17)16(23)24-8-13-18-11-5-3-2-4-10(11)15(22)19-13/h2-5,12H,6-9H2,1H3,(H,18,19,22)/t12-,17+/m0/s1. The van der Waals surface area contributed by atoms with Gasteiger partial charge in [-0.15, -0.1) is 11.8 Å². The summed E-state index contributed by atoms with van der Waals surface area (Å²) in [4.78, 5) is 44.9. The molecule has 2 aliphatic heterocycles. The van der Waals surface area contributed by atoms with E-state index in [1.165, 1.54) is 0 Å². The van der Waals surface area contributed by atoms with E-state index in [2.05, 4.69) is 9.97 Å². The van der Waals surface area contributed by atoms with Crippen LogP contribution in [0.25, 0.3) is 10.9 Å². The van der Waals surface area contributed by atoms with Crippen molar-refractivity contribution < 1.29 is 14.3 Å². The highest BCUT2D eigenvalue weighted by Crippen LogP contribution is 2.47. The first-order chi connectivity index (χ1) is 12.0. The maximum absolute atomic E-state index is 12.4. The molecule has 2 fully saturated rings. The summed E-state index contributed by atoms with van der Waals surface area (Å²) in [7, 11) is 0. The predicted octanol–water partition coefficient (Wildman–Crippen LogP) is 1.42. The number of amides is 1. The number of nitrogens with zero attached hydrogens (tertiary/aromatic N) is 2. The summed E-state index contributed by atoms with van der Waals surface area (Å²) in [6, 6.07) is 6.41. The van der Waals surface area contributed by atoms with Crippen molar-refractivity contribution in [1.82, 2.24) is 14.9 Å². The fourth-order valence-corrected chi connectivity index (χ4v) is 4.85. The number of thioether (sulfide) groups is 1. The van der Waals surface area contributed by atoms with Crippen LogP contribution in [0.4, 0.5) is 0 Å². The average molecular weight is 359 g/mol. The number of para-hydroxylation sites is 1. The second kappa shape index (κ2) is 5.87. The zero-order chi connectivity index (χ0) is 17.6. The van der Waals surface area contributed by atoms with E-state index in [1.807, 2.05) is 6.92 Å². The van der Waals surface area contributed by atoms with Crippen molar-refractivity contribution in [3.63, 3.8) is 0 Å². The molecule has 3 heterocycles. The van der Waals surface area contributed by atoms with Crippen molar-refractivity contribution in [2.45, 2.75) is 37.3 Å². The molecule has 2 aliphatic rings. The van der Waals surface area contributed by atoms with Gasteiger partial charge in [-0.05, 0) is 25.5 Å². The number of aromatic nitrogens is 2. The summed E-state index contributed by atoms with van der Waals surface area (Å²) in [6.07, 6.45) is 1.21. The SMILES string of the molecule is C[C@@]12CCC(=O)N1[C@H](C(=O)OCc1nc3ccccc3c(=O)[nH]1)CS2. The van der Waals surface area contributed by atoms with E-state index in [4.69, 9.17) is 4.74 Å². The summed E-state index contributed by atoms with van der Waals surface area (Å²) < 4.78 is 5.34. The maximum atomic E-state index is 12.4. The lowest BCUT2D eigenvalue weighted by atomic mass is 10.2. The minimum atomic E-state index is -0.572. The zero-order valence-electron chi connectivity index (χ0n) is 13.7. The van der Waals surface area contributed by atoms with Gasteiger partial charge in [0.05, 0.1) is 15.8 Å². The van der Waals surface area contributed by atoms with Crippen molar-refractivity contribution in [3.8, 4) is 0 Å². The molecule has 7 nitrogen and oxygen atoms in total. The Labute approximate surface area is 147 Å². The van der Waals surface area contributed by atoms with Crippen molar-refractivity contribution in [2.24, 2.45) is 0 Å². The number of hydrogen-bond acceptors (Lipinski definition) is 6. The van der Waals surface area contributed by atoms with Crippen molar-refractivity contribution in [3.05, 3.63) is 40.4 Å². The van der Waals surface area contributed by atoms with Crippen LogP contribution in [0.3, 0.4) is 0 Å². The number of carbonyl (C=O) groups is 2. The Morgan fingerprint density at radius 3 is 3.08 bits per heavy atom. The highest BCUT2D eigenvalue weighted by atomic mass is 32.2. The lowest BCUT2D eigenvalue weighted by molar-refractivity contribution is -0.154. The van der Waals surface area contributed by atoms with Crippen LogP contribution in [0.5, 0.6) is 0 Å². The van der Waals surface area contributed by atoms with Crippen LogP contribution in [0.15, 0.2) is 29.1 Å². The van der Waals surface area contributed by atoms with Gasteiger partial charge in [0.15, 0.2) is 0 Å². The van der Waals surface area contributed by atoms with E-state index in [0.29, 0.717) is 28.9 Å². The van der Waals surface area contributed by atoms with Crippen LogP contribution in [0.1, 0.15) is 25.6 Å². The van der Waals surface area contributed by atoms with Gasteiger partial charge in [0, 0.05) is 12.2 Å². The predicted molar refractivity (Wildman–Crippen MR) is 92.9 cm³/mol. The van der Waals surface area contributed by atoms with Gasteiger partial charge < -0.3 is 14.6 Å². The number of hydrogen-bond donors (Lipinski definition) is 1. The molecular weight excluding hydrogens is 342 g/mol. The Kier molecular flexibility index (Phi) is 3.79. The molecule has 1 N–H and O–H groups in total. The Hall–Kier alpha value is -2.35. The Bertz CT molecular complexity index is 927. The van der Waals surface area contributed by atoms with Gasteiger partial charge in [0.25, 0.3) is 5.56 Å². The molecule has 1 aromatic heterocycles. The number of ether oxygens (including phenoxy) is 1. The summed E-state index contributed by atoms with van der Waals surface area (Å²) in [5, 5.41) is 0.489. The quantitative estimate of drug-likeness (QED) is 0.834. The number of nitrogens with one attached hydrogen (secondary N) is 1. The third-order valence-electron chi connectivity index (χ3n) is 4.73. The second-order valence-corrected chi connectivity index (χ2v) is 7.90. The molecular formula is C17H17N3O4S. The van der Waals surface area contributed by atoms with Gasteiger partial charge in [-0.25, -0.2) is 9.78 Å². The van der Waals surface area contributed by atoms with E-state index in [0.717, 1.165) is 6.42 Å². The number of aromatic amines is 1. The fourth-order valence-electron chi connectivity index (χ4n) is 3.43. The first kappa shape index (κ1) is 16.1. The lowest BCUT2D eigenvalue weighted by Crippen LogP contribution is -2.46. The molecule has 0 unspecified atom stereocenters. The Morgan fingerprint density at radius 1 is 1.44 bits per heavy atom. The molecule has 2 atom stereocenters. The molecule has 8 heteroatoms.